The van der Waals surface area contributed by atoms with E-state index >= 15 is 0 Å². The van der Waals surface area contributed by atoms with E-state index in [0.717, 1.165) is 22.0 Å². The molecule has 1 atom stereocenters. The molecule has 1 amide bonds. The van der Waals surface area contributed by atoms with Crippen LogP contribution in [0.2, 0.25) is 0 Å². The van der Waals surface area contributed by atoms with Gasteiger partial charge in [0.05, 0.1) is 12.8 Å². The number of oxime groups is 1. The molecule has 120 valence electrons. The molecule has 0 saturated heterocycles. The molecule has 23 heavy (non-hydrogen) atoms. The number of aryl methyl sites for hydroxylation is 1. The molecule has 1 aliphatic rings. The molecule has 0 fully saturated rings. The van der Waals surface area contributed by atoms with Gasteiger partial charge in [0.15, 0.2) is 0 Å². The number of methoxy groups -OCH3 is 1. The Morgan fingerprint density at radius 2 is 2.09 bits per heavy atom. The van der Waals surface area contributed by atoms with Gasteiger partial charge in [0.2, 0.25) is 10.7 Å². The van der Waals surface area contributed by atoms with Gasteiger partial charge in [0.1, 0.15) is 10.8 Å². The van der Waals surface area contributed by atoms with Crippen LogP contribution in [0.5, 0.6) is 5.75 Å². The van der Waals surface area contributed by atoms with E-state index in [1.807, 2.05) is 31.2 Å². The molecule has 1 aliphatic heterocycles. The van der Waals surface area contributed by atoms with E-state index in [0.29, 0.717) is 11.6 Å². The molecule has 1 aromatic carbocycles. The molecule has 1 aromatic heterocycles. The highest BCUT2D eigenvalue weighted by molar-refractivity contribution is 7.15. The van der Waals surface area contributed by atoms with Gasteiger partial charge < -0.3 is 9.57 Å². The Morgan fingerprint density at radius 3 is 2.70 bits per heavy atom. The van der Waals surface area contributed by atoms with Crippen LogP contribution in [0.1, 0.15) is 23.9 Å². The third kappa shape index (κ3) is 3.16. The second-order valence-corrected chi connectivity index (χ2v) is 6.53. The van der Waals surface area contributed by atoms with Gasteiger partial charge in [0.25, 0.3) is 5.91 Å². The number of hydrogen-bond donors (Lipinski definition) is 1. The number of amides is 1. The average molecular weight is 332 g/mol. The van der Waals surface area contributed by atoms with Gasteiger partial charge in [-0.05, 0) is 43.7 Å². The van der Waals surface area contributed by atoms with Crippen LogP contribution in [0.3, 0.4) is 0 Å². The Bertz CT molecular complexity index is 756. The zero-order valence-corrected chi connectivity index (χ0v) is 13.8. The van der Waals surface area contributed by atoms with Crippen molar-refractivity contribution in [2.24, 2.45) is 5.16 Å². The van der Waals surface area contributed by atoms with Gasteiger partial charge in [-0.3, -0.25) is 10.1 Å². The standard InChI is InChI=1S/C15H16N4O3S/c1-9-17-18-14(23-9)16-13(20)15(2)8-12(19-22-15)10-4-6-11(21-3)7-5-10/h4-7H,8H2,1-3H3,(H,16,18,20)/t15-/m1/s1. The average Bonchev–Trinajstić information content (AvgIpc) is 3.14. The number of nitrogens with zero attached hydrogens (tertiary/aromatic N) is 3. The van der Waals surface area contributed by atoms with Crippen molar-refractivity contribution >= 4 is 28.1 Å². The maximum Gasteiger partial charge on any atom is 0.273 e. The van der Waals surface area contributed by atoms with Crippen molar-refractivity contribution in [2.45, 2.75) is 25.9 Å². The summed E-state index contributed by atoms with van der Waals surface area (Å²) in [6, 6.07) is 7.47. The fourth-order valence-electron chi connectivity index (χ4n) is 2.18. The lowest BCUT2D eigenvalue weighted by Gasteiger charge is -2.19. The third-order valence-electron chi connectivity index (χ3n) is 3.51. The molecule has 7 nitrogen and oxygen atoms in total. The van der Waals surface area contributed by atoms with Crippen molar-refractivity contribution in [1.82, 2.24) is 10.2 Å². The van der Waals surface area contributed by atoms with Crippen molar-refractivity contribution in [3.8, 4) is 5.75 Å². The topological polar surface area (TPSA) is 85.7 Å². The minimum absolute atomic E-state index is 0.291. The number of ether oxygens (including phenoxy) is 1. The molecule has 0 saturated carbocycles. The zero-order valence-electron chi connectivity index (χ0n) is 13.0. The lowest BCUT2D eigenvalue weighted by atomic mass is 9.95. The normalized spacial score (nSPS) is 19.9. The first-order valence-electron chi connectivity index (χ1n) is 7.01. The molecule has 8 heteroatoms. The van der Waals surface area contributed by atoms with Gasteiger partial charge >= 0.3 is 0 Å². The molecule has 1 N–H and O–H groups in total. The molecule has 3 rings (SSSR count). The van der Waals surface area contributed by atoms with Crippen LogP contribution in [0, 0.1) is 6.92 Å². The summed E-state index contributed by atoms with van der Waals surface area (Å²) in [5, 5.41) is 15.8. The van der Waals surface area contributed by atoms with Gasteiger partial charge in [-0.25, -0.2) is 0 Å². The Balaban J connectivity index is 1.69. The summed E-state index contributed by atoms with van der Waals surface area (Å²) in [6.07, 6.45) is 0.378. The molecule has 0 radical (unpaired) electrons. The van der Waals surface area contributed by atoms with Crippen LogP contribution < -0.4 is 10.1 Å². The van der Waals surface area contributed by atoms with Crippen LogP contribution in [-0.4, -0.2) is 34.5 Å². The van der Waals surface area contributed by atoms with E-state index in [9.17, 15) is 4.79 Å². The molecule has 2 heterocycles. The van der Waals surface area contributed by atoms with Gasteiger partial charge in [-0.15, -0.1) is 10.2 Å². The van der Waals surface area contributed by atoms with Crippen molar-refractivity contribution in [2.75, 3.05) is 12.4 Å². The van der Waals surface area contributed by atoms with Crippen LogP contribution >= 0.6 is 11.3 Å². The largest absolute Gasteiger partial charge is 0.497 e. The highest BCUT2D eigenvalue weighted by Crippen LogP contribution is 2.29. The number of carbonyl (C=O) groups is 1. The minimum Gasteiger partial charge on any atom is -0.497 e. The number of nitrogens with one attached hydrogen (secondary N) is 1. The summed E-state index contributed by atoms with van der Waals surface area (Å²) >= 11 is 1.31. The SMILES string of the molecule is COc1ccc(C2=NO[C@@](C)(C(=O)Nc3nnc(C)s3)C2)cc1. The number of benzene rings is 1. The first-order valence-corrected chi connectivity index (χ1v) is 7.83. The van der Waals surface area contributed by atoms with Crippen LogP contribution in [-0.2, 0) is 9.63 Å². The van der Waals surface area contributed by atoms with E-state index < -0.39 is 5.60 Å². The summed E-state index contributed by atoms with van der Waals surface area (Å²) in [5.74, 6) is 0.473. The number of rotatable bonds is 4. The van der Waals surface area contributed by atoms with Crippen LogP contribution in [0.15, 0.2) is 29.4 Å². The van der Waals surface area contributed by atoms with Crippen molar-refractivity contribution in [3.05, 3.63) is 34.8 Å². The lowest BCUT2D eigenvalue weighted by Crippen LogP contribution is -2.40. The molecular formula is C15H16N4O3S. The summed E-state index contributed by atoms with van der Waals surface area (Å²) in [4.78, 5) is 17.8. The zero-order chi connectivity index (χ0) is 16.4. The van der Waals surface area contributed by atoms with Gasteiger partial charge in [-0.2, -0.15) is 0 Å². The predicted octanol–water partition coefficient (Wildman–Crippen LogP) is 2.38. The number of aromatic nitrogens is 2. The minimum atomic E-state index is -1.06. The smallest absolute Gasteiger partial charge is 0.273 e. The molecule has 0 spiro atoms. The van der Waals surface area contributed by atoms with E-state index in [-0.39, 0.29) is 5.91 Å². The molecule has 0 aliphatic carbocycles. The maximum absolute atomic E-state index is 12.4. The van der Waals surface area contributed by atoms with E-state index in [1.54, 1.807) is 14.0 Å². The summed E-state index contributed by atoms with van der Waals surface area (Å²) in [7, 11) is 1.61. The van der Waals surface area contributed by atoms with E-state index in [1.165, 1.54) is 11.3 Å². The maximum atomic E-state index is 12.4. The molecule has 2 aromatic rings. The first kappa shape index (κ1) is 15.4. The molecule has 0 unspecified atom stereocenters. The van der Waals surface area contributed by atoms with Gasteiger partial charge in [-0.1, -0.05) is 16.5 Å². The molecular weight excluding hydrogens is 316 g/mol. The van der Waals surface area contributed by atoms with E-state index in [4.69, 9.17) is 9.57 Å². The Kier molecular flexibility index (Phi) is 3.99. The summed E-state index contributed by atoms with van der Waals surface area (Å²) in [5.41, 5.74) is 0.558. The second-order valence-electron chi connectivity index (χ2n) is 5.35. The van der Waals surface area contributed by atoms with Crippen LogP contribution in [0.4, 0.5) is 5.13 Å². The number of carbonyl (C=O) groups excluding carboxylic acids is 1. The quantitative estimate of drug-likeness (QED) is 0.929. The Labute approximate surface area is 137 Å². The lowest BCUT2D eigenvalue weighted by molar-refractivity contribution is -0.135. The van der Waals surface area contributed by atoms with E-state index in [2.05, 4.69) is 20.7 Å². The Morgan fingerprint density at radius 1 is 1.35 bits per heavy atom. The third-order valence-corrected chi connectivity index (χ3v) is 4.27. The van der Waals surface area contributed by atoms with Crippen molar-refractivity contribution in [3.63, 3.8) is 0 Å². The number of anilines is 1. The molecule has 0 bridgehead atoms. The van der Waals surface area contributed by atoms with Crippen LogP contribution in [0.25, 0.3) is 0 Å². The summed E-state index contributed by atoms with van der Waals surface area (Å²) in [6.45, 7) is 3.53. The first-order chi connectivity index (χ1) is 11.0. The fourth-order valence-corrected chi connectivity index (χ4v) is 2.76. The highest BCUT2D eigenvalue weighted by atomic mass is 32.1. The Hall–Kier alpha value is -2.48. The monoisotopic (exact) mass is 332 g/mol. The van der Waals surface area contributed by atoms with Gasteiger partial charge in [0, 0.05) is 6.42 Å². The second kappa shape index (κ2) is 5.96. The highest BCUT2D eigenvalue weighted by Gasteiger charge is 2.42. The van der Waals surface area contributed by atoms with Crippen molar-refractivity contribution in [1.29, 1.82) is 0 Å². The summed E-state index contributed by atoms with van der Waals surface area (Å²) < 4.78 is 5.13. The number of hydrogen-bond acceptors (Lipinski definition) is 7. The predicted molar refractivity (Wildman–Crippen MR) is 86.9 cm³/mol. The fraction of sp³-hybridized carbons (Fsp3) is 0.333. The van der Waals surface area contributed by atoms with Crippen molar-refractivity contribution < 1.29 is 14.4 Å².